The molecule has 36 heavy (non-hydrogen) atoms. The van der Waals surface area contributed by atoms with Crippen LogP contribution in [-0.2, 0) is 4.79 Å². The quantitative estimate of drug-likeness (QED) is 0.307. The average molecular weight is 539 g/mol. The number of aryl methyl sites for hydroxylation is 1. The van der Waals surface area contributed by atoms with Crippen molar-refractivity contribution in [3.05, 3.63) is 82.6 Å². The van der Waals surface area contributed by atoms with Crippen LogP contribution in [0.5, 0.6) is 0 Å². The number of halogens is 2. The molecule has 0 atom stereocenters. The number of benzene rings is 2. The molecule has 1 aliphatic rings. The number of nitrogens with zero attached hydrogens (tertiary/aromatic N) is 6. The number of aromatic nitrogens is 4. The molecular weight excluding hydrogens is 515 g/mol. The second-order valence-electron chi connectivity index (χ2n) is 8.44. The average Bonchev–Trinajstić information content (AvgIpc) is 3.34. The molecule has 5 rings (SSSR count). The van der Waals surface area contributed by atoms with Crippen molar-refractivity contribution in [3.8, 4) is 17.1 Å². The van der Waals surface area contributed by atoms with Gasteiger partial charge in [0, 0.05) is 65.6 Å². The lowest BCUT2D eigenvalue weighted by Crippen LogP contribution is -2.49. The largest absolute Gasteiger partial charge is 0.368 e. The van der Waals surface area contributed by atoms with Gasteiger partial charge in [0.25, 0.3) is 0 Å². The van der Waals surface area contributed by atoms with Crippen LogP contribution in [0.25, 0.3) is 17.1 Å². The number of pyridine rings is 1. The fraction of sp³-hybridized carbons (Fsp3) is 0.231. The third-order valence-electron chi connectivity index (χ3n) is 6.13. The molecule has 1 amide bonds. The SMILES string of the molecule is Cc1ccc(Cl)cc1N1CCN(C(=O)CSc2nnc(-c3ccncc3)n2-c2ccc(Cl)cc2)CC1. The van der Waals surface area contributed by atoms with Crippen LogP contribution in [0.2, 0.25) is 10.0 Å². The number of thioether (sulfide) groups is 1. The van der Waals surface area contributed by atoms with Gasteiger partial charge in [-0.15, -0.1) is 10.2 Å². The van der Waals surface area contributed by atoms with Gasteiger partial charge in [0.15, 0.2) is 11.0 Å². The van der Waals surface area contributed by atoms with Crippen LogP contribution in [0.3, 0.4) is 0 Å². The number of hydrogen-bond donors (Lipinski definition) is 0. The van der Waals surface area contributed by atoms with E-state index in [1.807, 2.05) is 64.1 Å². The Bertz CT molecular complexity index is 1350. The minimum Gasteiger partial charge on any atom is -0.368 e. The van der Waals surface area contributed by atoms with Gasteiger partial charge in [-0.3, -0.25) is 14.3 Å². The van der Waals surface area contributed by atoms with Gasteiger partial charge >= 0.3 is 0 Å². The molecule has 0 bridgehead atoms. The standard InChI is InChI=1S/C26H24Cl2N6OS/c1-18-2-3-21(28)16-23(18)32-12-14-33(15-13-32)24(35)17-36-26-31-30-25(19-8-10-29-11-9-19)34(26)22-6-4-20(27)5-7-22/h2-11,16H,12-15,17H2,1H3. The Labute approximate surface area is 224 Å². The number of piperazine rings is 1. The molecule has 0 saturated carbocycles. The Morgan fingerprint density at radius 3 is 2.33 bits per heavy atom. The molecule has 3 heterocycles. The highest BCUT2D eigenvalue weighted by atomic mass is 35.5. The lowest BCUT2D eigenvalue weighted by molar-refractivity contribution is -0.128. The van der Waals surface area contributed by atoms with Gasteiger partial charge in [-0.2, -0.15) is 0 Å². The van der Waals surface area contributed by atoms with E-state index in [2.05, 4.69) is 27.0 Å². The first kappa shape index (κ1) is 24.6. The molecule has 0 aliphatic carbocycles. The van der Waals surface area contributed by atoms with Crippen LogP contribution < -0.4 is 4.90 Å². The van der Waals surface area contributed by atoms with Gasteiger partial charge in [0.1, 0.15) is 0 Å². The van der Waals surface area contributed by atoms with Crippen molar-refractivity contribution in [1.82, 2.24) is 24.6 Å². The van der Waals surface area contributed by atoms with Gasteiger partial charge in [0.05, 0.1) is 5.75 Å². The molecule has 10 heteroatoms. The zero-order chi connectivity index (χ0) is 25.1. The molecule has 0 unspecified atom stereocenters. The van der Waals surface area contributed by atoms with Crippen molar-refractivity contribution in [2.75, 3.05) is 36.8 Å². The lowest BCUT2D eigenvalue weighted by atomic mass is 10.1. The number of anilines is 1. The van der Waals surface area contributed by atoms with Gasteiger partial charge in [-0.25, -0.2) is 0 Å². The Hall–Kier alpha value is -3.07. The van der Waals surface area contributed by atoms with E-state index in [1.165, 1.54) is 17.3 Å². The van der Waals surface area contributed by atoms with Crippen molar-refractivity contribution in [2.24, 2.45) is 0 Å². The van der Waals surface area contributed by atoms with E-state index in [0.29, 0.717) is 29.1 Å². The van der Waals surface area contributed by atoms with Crippen LogP contribution in [0, 0.1) is 6.92 Å². The minimum absolute atomic E-state index is 0.0820. The predicted molar refractivity (Wildman–Crippen MR) is 145 cm³/mol. The van der Waals surface area contributed by atoms with E-state index >= 15 is 0 Å². The first-order chi connectivity index (χ1) is 17.5. The number of rotatable bonds is 6. The van der Waals surface area contributed by atoms with Crippen molar-refractivity contribution in [3.63, 3.8) is 0 Å². The second-order valence-corrected chi connectivity index (χ2v) is 10.3. The third kappa shape index (κ3) is 5.36. The number of amides is 1. The summed E-state index contributed by atoms with van der Waals surface area (Å²) < 4.78 is 1.95. The molecule has 0 spiro atoms. The minimum atomic E-state index is 0.0820. The summed E-state index contributed by atoms with van der Waals surface area (Å²) in [5, 5.41) is 10.8. The maximum absolute atomic E-state index is 13.1. The summed E-state index contributed by atoms with van der Waals surface area (Å²) in [6.45, 7) is 4.95. The predicted octanol–water partition coefficient (Wildman–Crippen LogP) is 5.39. The number of hydrogen-bond acceptors (Lipinski definition) is 6. The highest BCUT2D eigenvalue weighted by molar-refractivity contribution is 7.99. The maximum Gasteiger partial charge on any atom is 0.233 e. The molecule has 2 aromatic heterocycles. The van der Waals surface area contributed by atoms with Gasteiger partial charge < -0.3 is 9.80 Å². The van der Waals surface area contributed by atoms with Gasteiger partial charge in [-0.05, 0) is 61.0 Å². The zero-order valence-electron chi connectivity index (χ0n) is 19.6. The van der Waals surface area contributed by atoms with Crippen molar-refractivity contribution >= 4 is 46.6 Å². The Morgan fingerprint density at radius 1 is 0.917 bits per heavy atom. The van der Waals surface area contributed by atoms with Crippen molar-refractivity contribution in [2.45, 2.75) is 12.1 Å². The maximum atomic E-state index is 13.1. The fourth-order valence-corrected chi connectivity index (χ4v) is 5.36. The molecule has 0 radical (unpaired) electrons. The van der Waals surface area contributed by atoms with Gasteiger partial charge in [-0.1, -0.05) is 41.0 Å². The molecule has 2 aromatic carbocycles. The summed E-state index contributed by atoms with van der Waals surface area (Å²) in [6, 6.07) is 17.2. The van der Waals surface area contributed by atoms with E-state index < -0.39 is 0 Å². The summed E-state index contributed by atoms with van der Waals surface area (Å²) >= 11 is 13.7. The van der Waals surface area contributed by atoms with Crippen molar-refractivity contribution in [1.29, 1.82) is 0 Å². The molecule has 7 nitrogen and oxygen atoms in total. The number of carbonyl (C=O) groups excluding carboxylic acids is 1. The van der Waals surface area contributed by atoms with Crippen LogP contribution in [0.1, 0.15) is 5.56 Å². The second kappa shape index (κ2) is 10.9. The molecule has 4 aromatic rings. The topological polar surface area (TPSA) is 67.2 Å². The van der Waals surface area contributed by atoms with E-state index in [9.17, 15) is 4.79 Å². The van der Waals surface area contributed by atoms with E-state index in [-0.39, 0.29) is 11.7 Å². The van der Waals surface area contributed by atoms with E-state index in [0.717, 1.165) is 35.1 Å². The summed E-state index contributed by atoms with van der Waals surface area (Å²) in [4.78, 5) is 21.4. The molecule has 0 N–H and O–H groups in total. The molecule has 184 valence electrons. The molecular formula is C26H24Cl2N6OS. The summed E-state index contributed by atoms with van der Waals surface area (Å²) in [5.74, 6) is 1.04. The Balaban J connectivity index is 1.29. The number of carbonyl (C=O) groups is 1. The summed E-state index contributed by atoms with van der Waals surface area (Å²) in [7, 11) is 0. The summed E-state index contributed by atoms with van der Waals surface area (Å²) in [5.41, 5.74) is 4.07. The Kier molecular flexibility index (Phi) is 7.46. The first-order valence-corrected chi connectivity index (χ1v) is 13.3. The highest BCUT2D eigenvalue weighted by Crippen LogP contribution is 2.29. The molecule has 1 saturated heterocycles. The smallest absolute Gasteiger partial charge is 0.233 e. The molecule has 1 aliphatic heterocycles. The Morgan fingerprint density at radius 2 is 1.61 bits per heavy atom. The van der Waals surface area contributed by atoms with E-state index in [1.54, 1.807) is 12.4 Å². The van der Waals surface area contributed by atoms with Crippen molar-refractivity contribution < 1.29 is 4.79 Å². The van der Waals surface area contributed by atoms with Crippen LogP contribution in [0.4, 0.5) is 5.69 Å². The van der Waals surface area contributed by atoms with Crippen LogP contribution in [0.15, 0.2) is 72.1 Å². The normalized spacial score (nSPS) is 13.8. The van der Waals surface area contributed by atoms with Crippen LogP contribution in [-0.4, -0.2) is 62.5 Å². The van der Waals surface area contributed by atoms with Crippen LogP contribution >= 0.6 is 35.0 Å². The lowest BCUT2D eigenvalue weighted by Gasteiger charge is -2.36. The van der Waals surface area contributed by atoms with Gasteiger partial charge in [0.2, 0.25) is 5.91 Å². The monoisotopic (exact) mass is 538 g/mol. The zero-order valence-corrected chi connectivity index (χ0v) is 22.0. The summed E-state index contributed by atoms with van der Waals surface area (Å²) in [6.07, 6.45) is 3.44. The molecule has 1 fully saturated rings. The third-order valence-corrected chi connectivity index (χ3v) is 7.53. The highest BCUT2D eigenvalue weighted by Gasteiger charge is 2.24. The fourth-order valence-electron chi connectivity index (χ4n) is 4.21. The first-order valence-electron chi connectivity index (χ1n) is 11.5. The van der Waals surface area contributed by atoms with E-state index in [4.69, 9.17) is 23.2 Å².